The van der Waals surface area contributed by atoms with Crippen LogP contribution in [0.1, 0.15) is 27.0 Å². The van der Waals surface area contributed by atoms with Crippen LogP contribution < -0.4 is 4.74 Å². The minimum Gasteiger partial charge on any atom is -0.504 e. The van der Waals surface area contributed by atoms with Gasteiger partial charge >= 0.3 is 0 Å². The van der Waals surface area contributed by atoms with Gasteiger partial charge in [-0.2, -0.15) is 0 Å². The predicted octanol–water partition coefficient (Wildman–Crippen LogP) is 3.70. The van der Waals surface area contributed by atoms with Gasteiger partial charge in [-0.1, -0.05) is 42.0 Å². The van der Waals surface area contributed by atoms with Gasteiger partial charge in [0.2, 0.25) is 5.78 Å². The molecular formula is C19H16O3. The van der Waals surface area contributed by atoms with Crippen molar-refractivity contribution in [2.75, 3.05) is 7.11 Å². The summed E-state index contributed by atoms with van der Waals surface area (Å²) in [7, 11) is 1.42. The number of phenolic OH excluding ortho intramolecular Hbond substituents is 1. The molecule has 0 unspecified atom stereocenters. The Labute approximate surface area is 129 Å². The molecule has 0 fully saturated rings. The van der Waals surface area contributed by atoms with E-state index in [4.69, 9.17) is 11.2 Å². The molecule has 0 heterocycles. The second kappa shape index (κ2) is 6.64. The zero-order valence-corrected chi connectivity index (χ0v) is 12.5. The number of ketones is 1. The molecule has 0 aliphatic rings. The van der Waals surface area contributed by atoms with Crippen LogP contribution in [0, 0.1) is 19.3 Å². The van der Waals surface area contributed by atoms with Crippen LogP contribution in [-0.4, -0.2) is 18.0 Å². The Morgan fingerprint density at radius 1 is 1.18 bits per heavy atom. The van der Waals surface area contributed by atoms with E-state index in [1.54, 1.807) is 12.1 Å². The van der Waals surface area contributed by atoms with Crippen molar-refractivity contribution in [3.8, 4) is 23.8 Å². The van der Waals surface area contributed by atoms with Gasteiger partial charge < -0.3 is 9.84 Å². The highest BCUT2D eigenvalue weighted by Crippen LogP contribution is 2.32. The number of hydrogen-bond acceptors (Lipinski definition) is 3. The Morgan fingerprint density at radius 3 is 2.41 bits per heavy atom. The molecule has 0 saturated heterocycles. The number of rotatable bonds is 4. The van der Waals surface area contributed by atoms with Gasteiger partial charge in [-0.15, -0.1) is 6.42 Å². The first-order valence-electron chi connectivity index (χ1n) is 6.72. The van der Waals surface area contributed by atoms with Crippen LogP contribution in [0.2, 0.25) is 0 Å². The van der Waals surface area contributed by atoms with E-state index in [1.165, 1.54) is 12.7 Å². The first-order valence-corrected chi connectivity index (χ1v) is 6.72. The molecular weight excluding hydrogens is 276 g/mol. The van der Waals surface area contributed by atoms with Crippen molar-refractivity contribution in [2.45, 2.75) is 6.92 Å². The highest BCUT2D eigenvalue weighted by molar-refractivity contribution is 6.11. The van der Waals surface area contributed by atoms with Crippen LogP contribution in [0.3, 0.4) is 0 Å². The minimum absolute atomic E-state index is 0.0606. The van der Waals surface area contributed by atoms with Gasteiger partial charge in [-0.3, -0.25) is 4.79 Å². The van der Waals surface area contributed by atoms with E-state index in [-0.39, 0.29) is 17.1 Å². The molecule has 0 saturated carbocycles. The van der Waals surface area contributed by atoms with E-state index in [1.807, 2.05) is 49.3 Å². The van der Waals surface area contributed by atoms with E-state index in [2.05, 4.69) is 0 Å². The number of ether oxygens (including phenoxy) is 1. The van der Waals surface area contributed by atoms with Gasteiger partial charge in [0.1, 0.15) is 0 Å². The molecule has 0 bridgehead atoms. The quantitative estimate of drug-likeness (QED) is 0.404. The zero-order valence-electron chi connectivity index (χ0n) is 12.5. The molecule has 0 aliphatic heterocycles. The maximum Gasteiger partial charge on any atom is 0.239 e. The van der Waals surface area contributed by atoms with Crippen molar-refractivity contribution in [3.63, 3.8) is 0 Å². The van der Waals surface area contributed by atoms with Crippen molar-refractivity contribution < 1.29 is 14.6 Å². The molecule has 0 aliphatic carbocycles. The monoisotopic (exact) mass is 292 g/mol. The third-order valence-corrected chi connectivity index (χ3v) is 3.24. The highest BCUT2D eigenvalue weighted by Gasteiger charge is 2.14. The summed E-state index contributed by atoms with van der Waals surface area (Å²) >= 11 is 0. The fourth-order valence-electron chi connectivity index (χ4n) is 2.00. The second-order valence-corrected chi connectivity index (χ2v) is 4.84. The summed E-state index contributed by atoms with van der Waals surface area (Å²) in [6, 6.07) is 11.2. The summed E-state index contributed by atoms with van der Waals surface area (Å²) < 4.78 is 5.08. The lowest BCUT2D eigenvalue weighted by molar-refractivity contribution is 0.105. The largest absolute Gasteiger partial charge is 0.504 e. The molecule has 2 aromatic rings. The summed E-state index contributed by atoms with van der Waals surface area (Å²) in [5.41, 5.74) is 2.99. The van der Waals surface area contributed by atoms with E-state index in [0.717, 1.165) is 5.56 Å². The molecule has 2 rings (SSSR count). The van der Waals surface area contributed by atoms with Crippen LogP contribution in [0.5, 0.6) is 11.5 Å². The number of benzene rings is 2. The number of carbonyl (C=O) groups excluding carboxylic acids is 1. The van der Waals surface area contributed by atoms with Crippen LogP contribution >= 0.6 is 0 Å². The van der Waals surface area contributed by atoms with E-state index < -0.39 is 5.78 Å². The molecule has 0 radical (unpaired) electrons. The van der Waals surface area contributed by atoms with Crippen LogP contribution in [-0.2, 0) is 0 Å². The van der Waals surface area contributed by atoms with Gasteiger partial charge in [0.25, 0.3) is 0 Å². The number of terminal acetylenes is 1. The zero-order chi connectivity index (χ0) is 16.1. The number of carbonyl (C=O) groups is 1. The first kappa shape index (κ1) is 15.4. The SMILES string of the molecule is C#CC(=O)c1cc(/C=C/c2ccc(C)cc2)cc(OC)c1O. The first-order chi connectivity index (χ1) is 10.5. The van der Waals surface area contributed by atoms with Crippen LogP contribution in [0.25, 0.3) is 12.2 Å². The lowest BCUT2D eigenvalue weighted by atomic mass is 10.0. The summed E-state index contributed by atoms with van der Waals surface area (Å²) in [6.07, 6.45) is 8.87. The number of methoxy groups -OCH3 is 1. The van der Waals surface area contributed by atoms with Gasteiger partial charge in [0.15, 0.2) is 11.5 Å². The molecule has 0 spiro atoms. The summed E-state index contributed by atoms with van der Waals surface area (Å²) in [5, 5.41) is 9.97. The molecule has 0 aromatic heterocycles. The van der Waals surface area contributed by atoms with Crippen LogP contribution in [0.4, 0.5) is 0 Å². The lowest BCUT2D eigenvalue weighted by Crippen LogP contribution is -1.98. The molecule has 3 nitrogen and oxygen atoms in total. The Balaban J connectivity index is 2.41. The molecule has 22 heavy (non-hydrogen) atoms. The number of hydrogen-bond donors (Lipinski definition) is 1. The van der Waals surface area contributed by atoms with Gasteiger partial charge in [0, 0.05) is 0 Å². The van der Waals surface area contributed by atoms with Crippen molar-refractivity contribution in [1.82, 2.24) is 0 Å². The predicted molar refractivity (Wildman–Crippen MR) is 87.9 cm³/mol. The molecule has 110 valence electrons. The number of aromatic hydroxyl groups is 1. The van der Waals surface area contributed by atoms with Crippen molar-refractivity contribution >= 4 is 17.9 Å². The Bertz CT molecular complexity index is 763. The third-order valence-electron chi connectivity index (χ3n) is 3.24. The third kappa shape index (κ3) is 3.36. The fraction of sp³-hybridized carbons (Fsp3) is 0.105. The normalized spacial score (nSPS) is 10.4. The summed E-state index contributed by atoms with van der Waals surface area (Å²) in [6.45, 7) is 2.02. The maximum atomic E-state index is 11.7. The van der Waals surface area contributed by atoms with Crippen LogP contribution in [0.15, 0.2) is 36.4 Å². The summed E-state index contributed by atoms with van der Waals surface area (Å²) in [5.74, 6) is 1.39. The average molecular weight is 292 g/mol. The number of phenols is 1. The fourth-order valence-corrected chi connectivity index (χ4v) is 2.00. The van der Waals surface area contributed by atoms with Gasteiger partial charge in [-0.05, 0) is 36.1 Å². The molecule has 3 heteroatoms. The second-order valence-electron chi connectivity index (χ2n) is 4.84. The summed E-state index contributed by atoms with van der Waals surface area (Å²) in [4.78, 5) is 11.7. The lowest BCUT2D eigenvalue weighted by Gasteiger charge is -2.08. The molecule has 0 amide bonds. The smallest absolute Gasteiger partial charge is 0.239 e. The Kier molecular flexibility index (Phi) is 4.65. The number of Topliss-reactive ketones (excluding diaryl/α,β-unsaturated/α-hetero) is 1. The standard InChI is InChI=1S/C19H16O3/c1-4-17(20)16-11-15(12-18(22-3)19(16)21)10-9-14-7-5-13(2)6-8-14/h1,5-12,21H,2-3H3/b10-9+. The van der Waals surface area contributed by atoms with Crippen molar-refractivity contribution in [2.24, 2.45) is 0 Å². The molecule has 0 atom stereocenters. The molecule has 2 aromatic carbocycles. The van der Waals surface area contributed by atoms with E-state index >= 15 is 0 Å². The number of aryl methyl sites for hydroxylation is 1. The minimum atomic E-state index is -0.582. The van der Waals surface area contributed by atoms with E-state index in [9.17, 15) is 9.90 Å². The highest BCUT2D eigenvalue weighted by atomic mass is 16.5. The Morgan fingerprint density at radius 2 is 1.82 bits per heavy atom. The Hall–Kier alpha value is -2.99. The van der Waals surface area contributed by atoms with Crippen molar-refractivity contribution in [3.05, 3.63) is 58.7 Å². The topological polar surface area (TPSA) is 46.5 Å². The molecule has 1 N–H and O–H groups in total. The average Bonchev–Trinajstić information content (AvgIpc) is 2.54. The maximum absolute atomic E-state index is 11.7. The van der Waals surface area contributed by atoms with Crippen molar-refractivity contribution in [1.29, 1.82) is 0 Å². The van der Waals surface area contributed by atoms with Gasteiger partial charge in [-0.25, -0.2) is 0 Å². The van der Waals surface area contributed by atoms with Gasteiger partial charge in [0.05, 0.1) is 12.7 Å². The van der Waals surface area contributed by atoms with E-state index in [0.29, 0.717) is 5.56 Å².